The van der Waals surface area contributed by atoms with Crippen molar-refractivity contribution in [3.8, 4) is 11.4 Å². The van der Waals surface area contributed by atoms with Crippen molar-refractivity contribution in [2.45, 2.75) is 19.6 Å². The molecule has 1 heterocycles. The summed E-state index contributed by atoms with van der Waals surface area (Å²) in [5.74, 6) is -0.435. The van der Waals surface area contributed by atoms with Crippen LogP contribution >= 0.6 is 11.6 Å². The number of nitrogens with one attached hydrogen (secondary N) is 1. The van der Waals surface area contributed by atoms with E-state index in [2.05, 4.69) is 20.7 Å². The van der Waals surface area contributed by atoms with E-state index in [4.69, 9.17) is 11.6 Å². The minimum absolute atomic E-state index is 0.00715. The first-order chi connectivity index (χ1) is 12.7. The van der Waals surface area contributed by atoms with Gasteiger partial charge in [-0.05, 0) is 42.0 Å². The van der Waals surface area contributed by atoms with Gasteiger partial charge in [-0.3, -0.25) is 4.79 Å². The third kappa shape index (κ3) is 4.62. The average molecular weight is 396 g/mol. The van der Waals surface area contributed by atoms with Crippen LogP contribution in [0.1, 0.15) is 11.1 Å². The van der Waals surface area contributed by atoms with Crippen LogP contribution in [-0.4, -0.2) is 26.1 Å². The van der Waals surface area contributed by atoms with E-state index in [1.807, 2.05) is 6.92 Å². The molecule has 0 bridgehead atoms. The number of rotatable bonds is 4. The number of nitrogens with zero attached hydrogens (tertiary/aromatic N) is 4. The second kappa shape index (κ2) is 7.36. The summed E-state index contributed by atoms with van der Waals surface area (Å²) in [5.41, 5.74) is 0.722. The molecule has 0 spiro atoms. The molecule has 6 nitrogen and oxygen atoms in total. The summed E-state index contributed by atoms with van der Waals surface area (Å²) < 4.78 is 38.4. The van der Waals surface area contributed by atoms with E-state index < -0.39 is 17.6 Å². The van der Waals surface area contributed by atoms with Crippen LogP contribution in [0.2, 0.25) is 5.02 Å². The van der Waals surface area contributed by atoms with E-state index in [1.165, 1.54) is 12.1 Å². The Morgan fingerprint density at radius 1 is 1.22 bits per heavy atom. The van der Waals surface area contributed by atoms with Gasteiger partial charge in [-0.25, -0.2) is 0 Å². The van der Waals surface area contributed by atoms with Crippen LogP contribution in [-0.2, 0) is 17.5 Å². The Morgan fingerprint density at radius 2 is 2.00 bits per heavy atom. The zero-order valence-electron chi connectivity index (χ0n) is 14.0. The molecular weight excluding hydrogens is 383 g/mol. The molecule has 0 fully saturated rings. The van der Waals surface area contributed by atoms with Crippen LogP contribution in [0, 0.1) is 6.92 Å². The molecule has 2 aromatic carbocycles. The maximum atomic E-state index is 12.8. The molecule has 0 saturated heterocycles. The number of hydrogen-bond acceptors (Lipinski definition) is 4. The number of tetrazole rings is 1. The highest BCUT2D eigenvalue weighted by molar-refractivity contribution is 6.31. The minimum Gasteiger partial charge on any atom is -0.324 e. The first kappa shape index (κ1) is 18.8. The zero-order chi connectivity index (χ0) is 19.6. The summed E-state index contributed by atoms with van der Waals surface area (Å²) in [6.07, 6.45) is -4.47. The Kier molecular flexibility index (Phi) is 5.13. The van der Waals surface area contributed by atoms with E-state index in [0.29, 0.717) is 10.7 Å². The van der Waals surface area contributed by atoms with Gasteiger partial charge in [0.2, 0.25) is 11.7 Å². The average Bonchev–Trinajstić information content (AvgIpc) is 3.06. The fourth-order valence-electron chi connectivity index (χ4n) is 2.26. The summed E-state index contributed by atoms with van der Waals surface area (Å²) in [4.78, 5) is 13.1. The standard InChI is InChI=1S/C17H13ClF3N5O/c1-10-5-6-13(8-14(10)18)22-15(27)9-26-24-16(23-25-26)11-3-2-4-12(7-11)17(19,20)21/h2-8H,9H2,1H3,(H,22,27). The number of halogens is 4. The van der Waals surface area contributed by atoms with Crippen LogP contribution < -0.4 is 5.32 Å². The van der Waals surface area contributed by atoms with Crippen molar-refractivity contribution >= 4 is 23.2 Å². The first-order valence-corrected chi connectivity index (χ1v) is 8.11. The molecule has 0 aliphatic carbocycles. The highest BCUT2D eigenvalue weighted by Gasteiger charge is 2.30. The number of alkyl halides is 3. The predicted molar refractivity (Wildman–Crippen MR) is 93.1 cm³/mol. The van der Waals surface area contributed by atoms with E-state index in [-0.39, 0.29) is 17.9 Å². The molecule has 0 aliphatic rings. The lowest BCUT2D eigenvalue weighted by molar-refractivity contribution is -0.137. The number of carbonyl (C=O) groups excluding carboxylic acids is 1. The van der Waals surface area contributed by atoms with Crippen molar-refractivity contribution in [2.24, 2.45) is 0 Å². The van der Waals surface area contributed by atoms with Crippen LogP contribution in [0.4, 0.5) is 18.9 Å². The molecule has 3 aromatic rings. The Balaban J connectivity index is 1.70. The largest absolute Gasteiger partial charge is 0.416 e. The lowest BCUT2D eigenvalue weighted by Crippen LogP contribution is -2.20. The summed E-state index contributed by atoms with van der Waals surface area (Å²) in [7, 11) is 0. The second-order valence-electron chi connectivity index (χ2n) is 5.73. The van der Waals surface area contributed by atoms with E-state index >= 15 is 0 Å². The van der Waals surface area contributed by atoms with Gasteiger partial charge in [-0.15, -0.1) is 10.2 Å². The van der Waals surface area contributed by atoms with Crippen LogP contribution in [0.25, 0.3) is 11.4 Å². The number of aryl methyl sites for hydroxylation is 1. The zero-order valence-corrected chi connectivity index (χ0v) is 14.7. The van der Waals surface area contributed by atoms with Gasteiger partial charge >= 0.3 is 6.18 Å². The van der Waals surface area contributed by atoms with Crippen molar-refractivity contribution in [3.05, 3.63) is 58.6 Å². The number of amides is 1. The predicted octanol–water partition coefficient (Wildman–Crippen LogP) is 3.96. The van der Waals surface area contributed by atoms with Crippen molar-refractivity contribution in [3.63, 3.8) is 0 Å². The van der Waals surface area contributed by atoms with Gasteiger partial charge in [-0.1, -0.05) is 29.8 Å². The Labute approximate surface area is 157 Å². The molecule has 27 heavy (non-hydrogen) atoms. The van der Waals surface area contributed by atoms with E-state index in [0.717, 1.165) is 22.5 Å². The van der Waals surface area contributed by atoms with Gasteiger partial charge in [-0.2, -0.15) is 18.0 Å². The fourth-order valence-corrected chi connectivity index (χ4v) is 2.44. The van der Waals surface area contributed by atoms with Gasteiger partial charge in [0.1, 0.15) is 6.54 Å². The molecule has 1 amide bonds. The lowest BCUT2D eigenvalue weighted by Gasteiger charge is -2.07. The van der Waals surface area contributed by atoms with Gasteiger partial charge in [0.25, 0.3) is 0 Å². The quantitative estimate of drug-likeness (QED) is 0.725. The molecule has 10 heteroatoms. The van der Waals surface area contributed by atoms with E-state index in [9.17, 15) is 18.0 Å². The summed E-state index contributed by atoms with van der Waals surface area (Å²) in [5, 5.41) is 14.5. The smallest absolute Gasteiger partial charge is 0.324 e. The number of carbonyl (C=O) groups is 1. The summed E-state index contributed by atoms with van der Waals surface area (Å²) >= 11 is 6.00. The monoisotopic (exact) mass is 395 g/mol. The second-order valence-corrected chi connectivity index (χ2v) is 6.14. The molecule has 140 valence electrons. The fraction of sp³-hybridized carbons (Fsp3) is 0.176. The van der Waals surface area contributed by atoms with Gasteiger partial charge in [0, 0.05) is 16.3 Å². The number of hydrogen-bond donors (Lipinski definition) is 1. The molecule has 1 aromatic heterocycles. The van der Waals surface area contributed by atoms with E-state index in [1.54, 1.807) is 18.2 Å². The number of anilines is 1. The maximum absolute atomic E-state index is 12.8. The highest BCUT2D eigenvalue weighted by Crippen LogP contribution is 2.31. The van der Waals surface area contributed by atoms with Crippen LogP contribution in [0.3, 0.4) is 0 Å². The highest BCUT2D eigenvalue weighted by atomic mass is 35.5. The van der Waals surface area contributed by atoms with Gasteiger partial charge < -0.3 is 5.32 Å². The summed E-state index contributed by atoms with van der Waals surface area (Å²) in [6.45, 7) is 1.58. The normalized spacial score (nSPS) is 11.4. The third-order valence-corrected chi connectivity index (χ3v) is 4.05. The third-order valence-electron chi connectivity index (χ3n) is 3.64. The maximum Gasteiger partial charge on any atom is 0.416 e. The van der Waals surface area contributed by atoms with Crippen molar-refractivity contribution < 1.29 is 18.0 Å². The Morgan fingerprint density at radius 3 is 2.70 bits per heavy atom. The van der Waals surface area contributed by atoms with Crippen LogP contribution in [0.15, 0.2) is 42.5 Å². The lowest BCUT2D eigenvalue weighted by atomic mass is 10.1. The molecule has 0 unspecified atom stereocenters. The molecule has 3 rings (SSSR count). The Hall–Kier alpha value is -2.94. The molecular formula is C17H13ClF3N5O. The van der Waals surface area contributed by atoms with Crippen LogP contribution in [0.5, 0.6) is 0 Å². The Bertz CT molecular complexity index is 987. The topological polar surface area (TPSA) is 72.7 Å². The molecule has 0 atom stereocenters. The van der Waals surface area contributed by atoms with Gasteiger partial charge in [0.05, 0.1) is 5.56 Å². The summed E-state index contributed by atoms with van der Waals surface area (Å²) in [6, 6.07) is 9.64. The molecule has 0 radical (unpaired) electrons. The SMILES string of the molecule is Cc1ccc(NC(=O)Cn2nnc(-c3cccc(C(F)(F)F)c3)n2)cc1Cl. The number of aromatic nitrogens is 4. The molecule has 0 saturated carbocycles. The number of benzene rings is 2. The molecule has 1 N–H and O–H groups in total. The first-order valence-electron chi connectivity index (χ1n) is 7.74. The van der Waals surface area contributed by atoms with Gasteiger partial charge in [0.15, 0.2) is 0 Å². The molecule has 0 aliphatic heterocycles. The van der Waals surface area contributed by atoms with Crippen molar-refractivity contribution in [2.75, 3.05) is 5.32 Å². The van der Waals surface area contributed by atoms with Crippen molar-refractivity contribution in [1.29, 1.82) is 0 Å². The minimum atomic E-state index is -4.47. The van der Waals surface area contributed by atoms with Crippen molar-refractivity contribution in [1.82, 2.24) is 20.2 Å².